The molecule has 0 aliphatic heterocycles. The van der Waals surface area contributed by atoms with E-state index in [1.54, 1.807) is 18.2 Å². The van der Waals surface area contributed by atoms with E-state index in [9.17, 15) is 4.79 Å². The fourth-order valence-electron chi connectivity index (χ4n) is 2.49. The highest BCUT2D eigenvalue weighted by atomic mass is 16.2. The lowest BCUT2D eigenvalue weighted by Gasteiger charge is -2.29. The smallest absolute Gasteiger partial charge is 0.322 e. The van der Waals surface area contributed by atoms with Gasteiger partial charge in [-0.25, -0.2) is 4.79 Å². The highest BCUT2D eigenvalue weighted by molar-refractivity contribution is 5.89. The van der Waals surface area contributed by atoms with Crippen LogP contribution in [-0.2, 0) is 0 Å². The van der Waals surface area contributed by atoms with Crippen LogP contribution in [0.5, 0.6) is 0 Å². The van der Waals surface area contributed by atoms with Crippen LogP contribution in [0.2, 0.25) is 0 Å². The molecule has 0 saturated heterocycles. The summed E-state index contributed by atoms with van der Waals surface area (Å²) in [5.74, 6) is 0. The predicted octanol–water partition coefficient (Wildman–Crippen LogP) is 4.77. The summed E-state index contributed by atoms with van der Waals surface area (Å²) < 4.78 is 0. The van der Waals surface area contributed by atoms with E-state index < -0.39 is 0 Å². The summed E-state index contributed by atoms with van der Waals surface area (Å²) >= 11 is 0. The van der Waals surface area contributed by atoms with Crippen LogP contribution in [0, 0.1) is 11.3 Å². The Kier molecular flexibility index (Phi) is 8.06. The third kappa shape index (κ3) is 5.77. The predicted molar refractivity (Wildman–Crippen MR) is 90.8 cm³/mol. The molecule has 22 heavy (non-hydrogen) atoms. The summed E-state index contributed by atoms with van der Waals surface area (Å²) in [4.78, 5) is 14.5. The van der Waals surface area contributed by atoms with Crippen LogP contribution in [0.15, 0.2) is 24.3 Å². The third-order valence-corrected chi connectivity index (χ3v) is 3.74. The van der Waals surface area contributed by atoms with Gasteiger partial charge in [-0.1, -0.05) is 39.2 Å². The Bertz CT molecular complexity index is 507. The number of benzene rings is 1. The quantitative estimate of drug-likeness (QED) is 0.703. The standard InChI is InChI=1S/C18H27N3O/c1-4-6-7-12-21(15(3)9-5-2)18(22)20-17-11-8-10-16(13-17)14-19/h8,10-11,13,15H,4-7,9,12H2,1-3H3,(H,20,22)/t15-/m1/s1. The van der Waals surface area contributed by atoms with E-state index in [0.717, 1.165) is 38.6 Å². The monoisotopic (exact) mass is 301 g/mol. The van der Waals surface area contributed by atoms with Gasteiger partial charge in [-0.05, 0) is 38.0 Å². The third-order valence-electron chi connectivity index (χ3n) is 3.74. The van der Waals surface area contributed by atoms with Crippen molar-refractivity contribution in [3.05, 3.63) is 29.8 Å². The van der Waals surface area contributed by atoms with Gasteiger partial charge in [-0.15, -0.1) is 0 Å². The van der Waals surface area contributed by atoms with Gasteiger partial charge in [0.2, 0.25) is 0 Å². The summed E-state index contributed by atoms with van der Waals surface area (Å²) in [6.07, 6.45) is 5.35. The van der Waals surface area contributed by atoms with E-state index in [1.165, 1.54) is 0 Å². The number of carbonyl (C=O) groups excluding carboxylic acids is 1. The number of hydrogen-bond acceptors (Lipinski definition) is 2. The number of rotatable bonds is 8. The molecule has 1 atom stereocenters. The molecule has 0 aromatic heterocycles. The average molecular weight is 301 g/mol. The van der Waals surface area contributed by atoms with E-state index in [-0.39, 0.29) is 12.1 Å². The Morgan fingerprint density at radius 1 is 1.32 bits per heavy atom. The topological polar surface area (TPSA) is 56.1 Å². The molecular weight excluding hydrogens is 274 g/mol. The van der Waals surface area contributed by atoms with Crippen molar-refractivity contribution in [1.29, 1.82) is 5.26 Å². The minimum Gasteiger partial charge on any atom is -0.322 e. The number of amides is 2. The first-order valence-electron chi connectivity index (χ1n) is 8.20. The fraction of sp³-hybridized carbons (Fsp3) is 0.556. The summed E-state index contributed by atoms with van der Waals surface area (Å²) in [7, 11) is 0. The van der Waals surface area contributed by atoms with Gasteiger partial charge in [-0.3, -0.25) is 0 Å². The van der Waals surface area contributed by atoms with Gasteiger partial charge in [0.25, 0.3) is 0 Å². The molecule has 1 aromatic carbocycles. The summed E-state index contributed by atoms with van der Waals surface area (Å²) in [6, 6.07) is 9.26. The molecule has 0 unspecified atom stereocenters. The van der Waals surface area contributed by atoms with Gasteiger partial charge >= 0.3 is 6.03 Å². The molecule has 4 heteroatoms. The number of urea groups is 1. The molecule has 0 radical (unpaired) electrons. The molecule has 1 N–H and O–H groups in total. The second-order valence-corrected chi connectivity index (χ2v) is 5.66. The first-order chi connectivity index (χ1) is 10.6. The Morgan fingerprint density at radius 3 is 2.73 bits per heavy atom. The second-order valence-electron chi connectivity index (χ2n) is 5.66. The van der Waals surface area contributed by atoms with Crippen molar-refractivity contribution in [3.8, 4) is 6.07 Å². The Hall–Kier alpha value is -2.02. The van der Waals surface area contributed by atoms with Crippen LogP contribution in [0.1, 0.15) is 58.4 Å². The summed E-state index contributed by atoms with van der Waals surface area (Å²) in [5, 5.41) is 11.9. The van der Waals surface area contributed by atoms with Crippen molar-refractivity contribution in [2.24, 2.45) is 0 Å². The molecule has 4 nitrogen and oxygen atoms in total. The van der Waals surface area contributed by atoms with Crippen molar-refractivity contribution in [3.63, 3.8) is 0 Å². The maximum atomic E-state index is 12.6. The van der Waals surface area contributed by atoms with Crippen LogP contribution < -0.4 is 5.32 Å². The molecule has 0 aliphatic rings. The minimum atomic E-state index is -0.0767. The van der Waals surface area contributed by atoms with Gasteiger partial charge < -0.3 is 10.2 Å². The lowest BCUT2D eigenvalue weighted by Crippen LogP contribution is -2.42. The first-order valence-corrected chi connectivity index (χ1v) is 8.20. The van der Waals surface area contributed by atoms with E-state index in [0.29, 0.717) is 11.3 Å². The zero-order valence-corrected chi connectivity index (χ0v) is 13.9. The minimum absolute atomic E-state index is 0.0767. The highest BCUT2D eigenvalue weighted by Crippen LogP contribution is 2.14. The molecular formula is C18H27N3O. The molecule has 0 heterocycles. The molecule has 120 valence electrons. The van der Waals surface area contributed by atoms with Crippen LogP contribution in [0.3, 0.4) is 0 Å². The van der Waals surface area contributed by atoms with Crippen LogP contribution in [0.4, 0.5) is 10.5 Å². The van der Waals surface area contributed by atoms with Crippen molar-refractivity contribution in [2.75, 3.05) is 11.9 Å². The maximum absolute atomic E-state index is 12.6. The molecule has 0 bridgehead atoms. The Morgan fingerprint density at radius 2 is 2.09 bits per heavy atom. The van der Waals surface area contributed by atoms with Crippen molar-refractivity contribution in [1.82, 2.24) is 4.90 Å². The zero-order valence-electron chi connectivity index (χ0n) is 13.9. The molecule has 0 fully saturated rings. The number of hydrogen-bond donors (Lipinski definition) is 1. The number of nitriles is 1. The zero-order chi connectivity index (χ0) is 16.4. The normalized spacial score (nSPS) is 11.5. The number of anilines is 1. The highest BCUT2D eigenvalue weighted by Gasteiger charge is 2.19. The number of unbranched alkanes of at least 4 members (excludes halogenated alkanes) is 2. The van der Waals surface area contributed by atoms with E-state index in [1.807, 2.05) is 11.0 Å². The van der Waals surface area contributed by atoms with E-state index in [2.05, 4.69) is 32.2 Å². The van der Waals surface area contributed by atoms with Crippen molar-refractivity contribution in [2.45, 2.75) is 58.9 Å². The van der Waals surface area contributed by atoms with Gasteiger partial charge in [0.15, 0.2) is 0 Å². The van der Waals surface area contributed by atoms with Crippen LogP contribution in [0.25, 0.3) is 0 Å². The average Bonchev–Trinajstić information content (AvgIpc) is 2.51. The van der Waals surface area contributed by atoms with Crippen molar-refractivity contribution >= 4 is 11.7 Å². The van der Waals surface area contributed by atoms with Crippen LogP contribution >= 0.6 is 0 Å². The van der Waals surface area contributed by atoms with E-state index in [4.69, 9.17) is 5.26 Å². The van der Waals surface area contributed by atoms with Gasteiger partial charge in [-0.2, -0.15) is 5.26 Å². The first kappa shape index (κ1) is 18.0. The number of carbonyl (C=O) groups is 1. The van der Waals surface area contributed by atoms with Gasteiger partial charge in [0, 0.05) is 18.3 Å². The molecule has 0 aliphatic carbocycles. The lowest BCUT2D eigenvalue weighted by atomic mass is 10.1. The largest absolute Gasteiger partial charge is 0.322 e. The van der Waals surface area contributed by atoms with Crippen LogP contribution in [-0.4, -0.2) is 23.5 Å². The van der Waals surface area contributed by atoms with Gasteiger partial charge in [0.1, 0.15) is 0 Å². The Labute approximate surface area is 134 Å². The maximum Gasteiger partial charge on any atom is 0.322 e. The Balaban J connectivity index is 2.74. The molecule has 1 rings (SSSR count). The molecule has 2 amide bonds. The SMILES string of the molecule is CCCCCN(C(=O)Nc1cccc(C#N)c1)[C@H](C)CCC. The summed E-state index contributed by atoms with van der Waals surface area (Å²) in [5.41, 5.74) is 1.23. The lowest BCUT2D eigenvalue weighted by molar-refractivity contribution is 0.187. The summed E-state index contributed by atoms with van der Waals surface area (Å²) in [6.45, 7) is 7.17. The van der Waals surface area contributed by atoms with E-state index >= 15 is 0 Å². The second kappa shape index (κ2) is 9.83. The molecule has 0 spiro atoms. The van der Waals surface area contributed by atoms with Crippen molar-refractivity contribution < 1.29 is 4.79 Å². The number of nitrogens with zero attached hydrogens (tertiary/aromatic N) is 2. The molecule has 0 saturated carbocycles. The fourth-order valence-corrected chi connectivity index (χ4v) is 2.49. The molecule has 1 aromatic rings. The number of nitrogens with one attached hydrogen (secondary N) is 1. The van der Waals surface area contributed by atoms with Gasteiger partial charge in [0.05, 0.1) is 11.6 Å².